The molecule has 0 N–H and O–H groups in total. The van der Waals surface area contributed by atoms with Crippen LogP contribution in [0.15, 0.2) is 52.3 Å². The van der Waals surface area contributed by atoms with Crippen LogP contribution in [0.4, 0.5) is 13.6 Å². The highest BCUT2D eigenvalue weighted by Crippen LogP contribution is 2.39. The molecular weight excluding hydrogens is 494 g/mol. The number of benzene rings is 1. The molecule has 2 aliphatic heterocycles. The minimum Gasteiger partial charge on any atom is -0.490 e. The van der Waals surface area contributed by atoms with Crippen molar-refractivity contribution in [3.8, 4) is 11.4 Å². The maximum absolute atomic E-state index is 13.8. The molecule has 3 heterocycles. The van der Waals surface area contributed by atoms with Crippen molar-refractivity contribution < 1.29 is 31.5 Å². The molecule has 2 saturated heterocycles. The number of ether oxygens (including phenoxy) is 2. The Morgan fingerprint density at radius 1 is 1.03 bits per heavy atom. The highest BCUT2D eigenvalue weighted by molar-refractivity contribution is 7.90. The second kappa shape index (κ2) is 9.17. The van der Waals surface area contributed by atoms with Crippen LogP contribution in [-0.2, 0) is 14.6 Å². The van der Waals surface area contributed by atoms with E-state index in [1.165, 1.54) is 36.6 Å². The van der Waals surface area contributed by atoms with E-state index in [2.05, 4.69) is 0 Å². The number of alkyl halides is 2. The van der Waals surface area contributed by atoms with E-state index in [0.717, 1.165) is 26.0 Å². The normalized spacial score (nSPS) is 22.4. The first-order valence-corrected chi connectivity index (χ1v) is 13.6. The average Bonchev–Trinajstić information content (AvgIpc) is 3.03. The number of piperidine rings is 1. The van der Waals surface area contributed by atoms with Crippen molar-refractivity contribution in [3.63, 3.8) is 0 Å². The first-order chi connectivity index (χ1) is 16.7. The van der Waals surface area contributed by atoms with Crippen molar-refractivity contribution in [2.45, 2.75) is 81.1 Å². The molecule has 0 spiro atoms. The number of fused-ring (bicyclic) bond motifs is 2. The molecule has 1 amide bonds. The number of carbonyl (C=O) groups is 1. The van der Waals surface area contributed by atoms with Gasteiger partial charge < -0.3 is 14.4 Å². The van der Waals surface area contributed by atoms with Gasteiger partial charge in [0.1, 0.15) is 11.9 Å². The predicted octanol–water partition coefficient (Wildman–Crippen LogP) is 4.19. The zero-order valence-corrected chi connectivity index (χ0v) is 21.4. The maximum Gasteiger partial charge on any atom is 0.411 e. The predicted molar refractivity (Wildman–Crippen MR) is 129 cm³/mol. The van der Waals surface area contributed by atoms with E-state index in [9.17, 15) is 26.8 Å². The van der Waals surface area contributed by atoms with E-state index >= 15 is 0 Å². The standard InChI is InChI=1S/C25H30F2N2O6S/c1-24(2,25(3,26)27)35-23(31)29-17-5-6-18(29)14-20(13-17)34-19-11-12-28(22(30)15-19)16-7-9-21(10-8-16)36(4,32)33/h7-12,15,17-18,20H,5-6,13-14H2,1-4H3/t17-,18-/m1/s1. The van der Waals surface area contributed by atoms with Gasteiger partial charge in [0.05, 0.1) is 4.90 Å². The number of rotatable bonds is 6. The highest BCUT2D eigenvalue weighted by Gasteiger charge is 2.50. The number of amides is 1. The Balaban J connectivity index is 1.42. The molecule has 2 aromatic rings. The number of nitrogens with zero attached hydrogens (tertiary/aromatic N) is 2. The van der Waals surface area contributed by atoms with Crippen LogP contribution in [0.3, 0.4) is 0 Å². The Kier molecular flexibility index (Phi) is 6.65. The van der Waals surface area contributed by atoms with Crippen molar-refractivity contribution in [2.24, 2.45) is 0 Å². The zero-order chi connectivity index (χ0) is 26.5. The van der Waals surface area contributed by atoms with Gasteiger partial charge in [0.15, 0.2) is 15.4 Å². The monoisotopic (exact) mass is 524 g/mol. The first-order valence-electron chi connectivity index (χ1n) is 11.7. The number of halogens is 2. The van der Waals surface area contributed by atoms with Gasteiger partial charge >= 0.3 is 6.09 Å². The van der Waals surface area contributed by atoms with Gasteiger partial charge in [0.2, 0.25) is 0 Å². The lowest BCUT2D eigenvalue weighted by atomic mass is 9.99. The summed E-state index contributed by atoms with van der Waals surface area (Å²) in [5.41, 5.74) is -1.75. The number of sulfone groups is 1. The van der Waals surface area contributed by atoms with E-state index < -0.39 is 27.5 Å². The van der Waals surface area contributed by atoms with Crippen molar-refractivity contribution in [3.05, 3.63) is 52.9 Å². The average molecular weight is 525 g/mol. The van der Waals surface area contributed by atoms with E-state index in [4.69, 9.17) is 9.47 Å². The molecule has 0 radical (unpaired) electrons. The summed E-state index contributed by atoms with van der Waals surface area (Å²) in [7, 11) is -3.34. The van der Waals surface area contributed by atoms with Crippen molar-refractivity contribution in [1.29, 1.82) is 0 Å². The van der Waals surface area contributed by atoms with Crippen LogP contribution in [0.5, 0.6) is 5.75 Å². The number of hydrogen-bond acceptors (Lipinski definition) is 6. The fourth-order valence-corrected chi connectivity index (χ4v) is 5.31. The summed E-state index contributed by atoms with van der Waals surface area (Å²) in [6.07, 6.45) is 4.16. The van der Waals surface area contributed by atoms with E-state index in [1.807, 2.05) is 0 Å². The maximum atomic E-state index is 13.8. The molecule has 2 bridgehead atoms. The number of pyridine rings is 1. The first kappa shape index (κ1) is 26.1. The molecule has 36 heavy (non-hydrogen) atoms. The molecule has 8 nitrogen and oxygen atoms in total. The fraction of sp³-hybridized carbons (Fsp3) is 0.520. The quantitative estimate of drug-likeness (QED) is 0.563. The number of aromatic nitrogens is 1. The molecule has 196 valence electrons. The van der Waals surface area contributed by atoms with Gasteiger partial charge in [-0.1, -0.05) is 0 Å². The summed E-state index contributed by atoms with van der Waals surface area (Å²) >= 11 is 0. The molecule has 2 aliphatic rings. The smallest absolute Gasteiger partial charge is 0.411 e. The van der Waals surface area contributed by atoms with Crippen LogP contribution >= 0.6 is 0 Å². The minimum absolute atomic E-state index is 0.163. The summed E-state index contributed by atoms with van der Waals surface area (Å²) in [5, 5.41) is 0. The lowest BCUT2D eigenvalue weighted by molar-refractivity contribution is -0.157. The molecule has 4 rings (SSSR count). The molecule has 2 atom stereocenters. The summed E-state index contributed by atoms with van der Waals surface area (Å²) < 4.78 is 63.5. The van der Waals surface area contributed by atoms with Crippen molar-refractivity contribution >= 4 is 15.9 Å². The van der Waals surface area contributed by atoms with Gasteiger partial charge in [-0.2, -0.15) is 0 Å². The summed E-state index contributed by atoms with van der Waals surface area (Å²) in [4.78, 5) is 27.1. The molecule has 1 aromatic carbocycles. The van der Waals surface area contributed by atoms with Crippen LogP contribution in [0, 0.1) is 0 Å². The molecule has 0 saturated carbocycles. The van der Waals surface area contributed by atoms with Gasteiger partial charge in [-0.25, -0.2) is 22.0 Å². The van der Waals surface area contributed by atoms with Crippen LogP contribution < -0.4 is 10.3 Å². The summed E-state index contributed by atoms with van der Waals surface area (Å²) in [6.45, 7) is 3.13. The Bertz CT molecular complexity index is 1290. The lowest BCUT2D eigenvalue weighted by Gasteiger charge is -2.40. The summed E-state index contributed by atoms with van der Waals surface area (Å²) in [5.74, 6) is -2.80. The van der Waals surface area contributed by atoms with Crippen LogP contribution in [-0.4, -0.2) is 59.9 Å². The largest absolute Gasteiger partial charge is 0.490 e. The Hall–Kier alpha value is -2.95. The SMILES string of the molecule is CC(F)(F)C(C)(C)OC(=O)N1[C@@H]2CC[C@@H]1CC(Oc1ccn(-c3ccc(S(C)(=O)=O)cc3)c(=O)c1)C2. The van der Waals surface area contributed by atoms with E-state index in [0.29, 0.717) is 24.3 Å². The zero-order valence-electron chi connectivity index (χ0n) is 20.6. The molecule has 2 fully saturated rings. The van der Waals surface area contributed by atoms with Crippen LogP contribution in [0.1, 0.15) is 46.5 Å². The topological polar surface area (TPSA) is 94.9 Å². The molecular formula is C25H30F2N2O6S. The number of carbonyl (C=O) groups excluding carboxylic acids is 1. The van der Waals surface area contributed by atoms with Gasteiger partial charge in [-0.15, -0.1) is 0 Å². The van der Waals surface area contributed by atoms with Gasteiger partial charge in [0, 0.05) is 56.1 Å². The van der Waals surface area contributed by atoms with Crippen molar-refractivity contribution in [1.82, 2.24) is 9.47 Å². The third-order valence-electron chi connectivity index (χ3n) is 7.04. The van der Waals surface area contributed by atoms with Gasteiger partial charge in [-0.3, -0.25) is 9.36 Å². The minimum atomic E-state index is -3.34. The summed E-state index contributed by atoms with van der Waals surface area (Å²) in [6, 6.07) is 8.64. The third-order valence-corrected chi connectivity index (χ3v) is 8.17. The van der Waals surface area contributed by atoms with E-state index in [-0.39, 0.29) is 28.6 Å². The second-order valence-electron chi connectivity index (χ2n) is 10.1. The molecule has 0 unspecified atom stereocenters. The third kappa shape index (κ3) is 5.25. The van der Waals surface area contributed by atoms with Gasteiger partial charge in [0.25, 0.3) is 11.5 Å². The second-order valence-corrected chi connectivity index (χ2v) is 12.1. The molecule has 11 heteroatoms. The molecule has 1 aromatic heterocycles. The highest BCUT2D eigenvalue weighted by atomic mass is 32.2. The Labute approximate surface area is 208 Å². The van der Waals surface area contributed by atoms with Gasteiger partial charge in [-0.05, 0) is 57.0 Å². The molecule has 0 aliphatic carbocycles. The van der Waals surface area contributed by atoms with Crippen LogP contribution in [0.25, 0.3) is 5.69 Å². The Morgan fingerprint density at radius 2 is 1.61 bits per heavy atom. The van der Waals surface area contributed by atoms with E-state index in [1.54, 1.807) is 29.3 Å². The van der Waals surface area contributed by atoms with Crippen molar-refractivity contribution in [2.75, 3.05) is 6.26 Å². The fourth-order valence-electron chi connectivity index (χ4n) is 4.68. The Morgan fingerprint density at radius 3 is 2.11 bits per heavy atom. The van der Waals surface area contributed by atoms with Crippen LogP contribution in [0.2, 0.25) is 0 Å². The number of hydrogen-bond donors (Lipinski definition) is 0. The lowest BCUT2D eigenvalue weighted by Crippen LogP contribution is -2.53.